The van der Waals surface area contributed by atoms with Gasteiger partial charge < -0.3 is 5.32 Å². The first kappa shape index (κ1) is 16.4. The fraction of sp³-hybridized carbons (Fsp3) is 0.583. The summed E-state index contributed by atoms with van der Waals surface area (Å²) in [5, 5.41) is 3.24. The molecule has 1 aromatic rings. The van der Waals surface area contributed by atoms with E-state index >= 15 is 0 Å². The summed E-state index contributed by atoms with van der Waals surface area (Å²) < 4.78 is 26.9. The van der Waals surface area contributed by atoms with Crippen LogP contribution in [0.15, 0.2) is 22.8 Å². The standard InChI is InChI=1S/C12H20BrN3O2S/c1-2-7-14-8-3-4-9-19(17,18)16-12-6-5-11(13)10-15-12/h5-6,10,14H,2-4,7-9H2,1H3,(H,15,16). The van der Waals surface area contributed by atoms with Crippen molar-refractivity contribution in [2.45, 2.75) is 26.2 Å². The molecule has 1 aromatic heterocycles. The number of pyridine rings is 1. The minimum absolute atomic E-state index is 0.124. The van der Waals surface area contributed by atoms with E-state index in [9.17, 15) is 8.42 Å². The molecule has 0 saturated heterocycles. The van der Waals surface area contributed by atoms with Crippen LogP contribution < -0.4 is 10.0 Å². The first-order valence-corrected chi connectivity index (χ1v) is 8.81. The van der Waals surface area contributed by atoms with Crippen molar-refractivity contribution >= 4 is 31.8 Å². The summed E-state index contributed by atoms with van der Waals surface area (Å²) in [7, 11) is -3.30. The summed E-state index contributed by atoms with van der Waals surface area (Å²) in [6.45, 7) is 3.94. The predicted molar refractivity (Wildman–Crippen MR) is 81.7 cm³/mol. The molecular weight excluding hydrogens is 330 g/mol. The molecule has 0 aromatic carbocycles. The van der Waals surface area contributed by atoms with Crippen LogP contribution in [0.1, 0.15) is 26.2 Å². The highest BCUT2D eigenvalue weighted by molar-refractivity contribution is 9.10. The smallest absolute Gasteiger partial charge is 0.233 e. The molecule has 0 bridgehead atoms. The third-order valence-corrected chi connectivity index (χ3v) is 4.25. The van der Waals surface area contributed by atoms with Gasteiger partial charge in [-0.2, -0.15) is 0 Å². The number of hydrogen-bond acceptors (Lipinski definition) is 4. The Bertz CT molecular complexity index is 462. The molecule has 108 valence electrons. The van der Waals surface area contributed by atoms with Crippen LogP contribution in [0.4, 0.5) is 5.82 Å². The Morgan fingerprint density at radius 1 is 1.26 bits per heavy atom. The number of sulfonamides is 1. The molecule has 0 unspecified atom stereocenters. The largest absolute Gasteiger partial charge is 0.317 e. The maximum Gasteiger partial charge on any atom is 0.233 e. The fourth-order valence-electron chi connectivity index (χ4n) is 1.49. The van der Waals surface area contributed by atoms with Crippen molar-refractivity contribution < 1.29 is 8.42 Å². The third-order valence-electron chi connectivity index (χ3n) is 2.43. The van der Waals surface area contributed by atoms with E-state index in [0.717, 1.165) is 30.4 Å². The lowest BCUT2D eigenvalue weighted by Crippen LogP contribution is -2.20. The molecule has 7 heteroatoms. The molecule has 0 saturated carbocycles. The molecule has 19 heavy (non-hydrogen) atoms. The van der Waals surface area contributed by atoms with Crippen LogP contribution in [0, 0.1) is 0 Å². The zero-order chi connectivity index (χ0) is 14.1. The SMILES string of the molecule is CCCNCCCCS(=O)(=O)Nc1ccc(Br)cn1. The van der Waals surface area contributed by atoms with Crippen LogP contribution >= 0.6 is 15.9 Å². The molecule has 1 heterocycles. The lowest BCUT2D eigenvalue weighted by Gasteiger charge is -2.07. The minimum atomic E-state index is -3.30. The van der Waals surface area contributed by atoms with Gasteiger partial charge in [-0.3, -0.25) is 4.72 Å². The van der Waals surface area contributed by atoms with Gasteiger partial charge in [0.25, 0.3) is 0 Å². The van der Waals surface area contributed by atoms with Crippen molar-refractivity contribution in [1.29, 1.82) is 0 Å². The van der Waals surface area contributed by atoms with Gasteiger partial charge in [0.05, 0.1) is 5.75 Å². The topological polar surface area (TPSA) is 71.1 Å². The summed E-state index contributed by atoms with van der Waals surface area (Å²) in [5.74, 6) is 0.478. The molecule has 0 aliphatic rings. The number of nitrogens with one attached hydrogen (secondary N) is 2. The lowest BCUT2D eigenvalue weighted by atomic mass is 10.3. The van der Waals surface area contributed by atoms with Gasteiger partial charge in [-0.25, -0.2) is 13.4 Å². The molecule has 0 atom stereocenters. The molecule has 0 aliphatic heterocycles. The number of rotatable bonds is 9. The number of unbranched alkanes of at least 4 members (excludes halogenated alkanes) is 1. The van der Waals surface area contributed by atoms with Crippen LogP contribution in [0.25, 0.3) is 0 Å². The maximum absolute atomic E-state index is 11.8. The van der Waals surface area contributed by atoms with E-state index in [-0.39, 0.29) is 5.75 Å². The Labute approximate surface area is 123 Å². The molecule has 0 fully saturated rings. The van der Waals surface area contributed by atoms with Gasteiger partial charge in [0.2, 0.25) is 10.0 Å². The van der Waals surface area contributed by atoms with Gasteiger partial charge in [0, 0.05) is 10.7 Å². The molecule has 5 nitrogen and oxygen atoms in total. The Kier molecular flexibility index (Phi) is 7.33. The molecule has 2 N–H and O–H groups in total. The quantitative estimate of drug-likeness (QED) is 0.671. The Balaban J connectivity index is 2.30. The van der Waals surface area contributed by atoms with Crippen molar-refractivity contribution in [3.05, 3.63) is 22.8 Å². The molecular formula is C12H20BrN3O2S. The van der Waals surface area contributed by atoms with E-state index in [0.29, 0.717) is 12.2 Å². The molecule has 0 aliphatic carbocycles. The maximum atomic E-state index is 11.8. The average molecular weight is 350 g/mol. The second kappa shape index (κ2) is 8.50. The summed E-state index contributed by atoms with van der Waals surface area (Å²) in [5.41, 5.74) is 0. The normalized spacial score (nSPS) is 11.5. The van der Waals surface area contributed by atoms with Gasteiger partial charge in [0.15, 0.2) is 0 Å². The summed E-state index contributed by atoms with van der Waals surface area (Å²) in [6, 6.07) is 3.38. The molecule has 0 spiro atoms. The summed E-state index contributed by atoms with van der Waals surface area (Å²) in [6.07, 6.45) is 4.15. The predicted octanol–water partition coefficient (Wildman–Crippen LogP) is 2.37. The van der Waals surface area contributed by atoms with Crippen molar-refractivity contribution in [3.63, 3.8) is 0 Å². The number of nitrogens with zero attached hydrogens (tertiary/aromatic N) is 1. The van der Waals surface area contributed by atoms with Crippen molar-refractivity contribution in [2.75, 3.05) is 23.6 Å². The minimum Gasteiger partial charge on any atom is -0.317 e. The molecule has 0 radical (unpaired) electrons. The average Bonchev–Trinajstić information content (AvgIpc) is 2.36. The van der Waals surface area contributed by atoms with Crippen LogP contribution in [0.5, 0.6) is 0 Å². The lowest BCUT2D eigenvalue weighted by molar-refractivity contribution is 0.590. The van der Waals surface area contributed by atoms with Gasteiger partial charge in [0.1, 0.15) is 5.82 Å². The number of aromatic nitrogens is 1. The monoisotopic (exact) mass is 349 g/mol. The highest BCUT2D eigenvalue weighted by Crippen LogP contribution is 2.12. The Morgan fingerprint density at radius 3 is 2.68 bits per heavy atom. The van der Waals surface area contributed by atoms with E-state index in [2.05, 4.69) is 37.9 Å². The van der Waals surface area contributed by atoms with Crippen LogP contribution in [-0.2, 0) is 10.0 Å². The molecule has 1 rings (SSSR count). The van der Waals surface area contributed by atoms with E-state index in [1.54, 1.807) is 18.3 Å². The van der Waals surface area contributed by atoms with Crippen molar-refractivity contribution in [1.82, 2.24) is 10.3 Å². The first-order chi connectivity index (χ1) is 9.03. The van der Waals surface area contributed by atoms with E-state index in [1.165, 1.54) is 0 Å². The third kappa shape index (κ3) is 7.49. The van der Waals surface area contributed by atoms with E-state index < -0.39 is 10.0 Å². The first-order valence-electron chi connectivity index (χ1n) is 6.36. The number of anilines is 1. The van der Waals surface area contributed by atoms with Gasteiger partial charge in [-0.15, -0.1) is 0 Å². The van der Waals surface area contributed by atoms with Gasteiger partial charge in [-0.05, 0) is 60.4 Å². The van der Waals surface area contributed by atoms with E-state index in [1.807, 2.05) is 0 Å². The number of hydrogen-bond donors (Lipinski definition) is 2. The highest BCUT2D eigenvalue weighted by Gasteiger charge is 2.10. The number of halogens is 1. The van der Waals surface area contributed by atoms with E-state index in [4.69, 9.17) is 0 Å². The van der Waals surface area contributed by atoms with Crippen LogP contribution in [0.2, 0.25) is 0 Å². The fourth-order valence-corrected chi connectivity index (χ4v) is 2.85. The van der Waals surface area contributed by atoms with Crippen LogP contribution in [0.3, 0.4) is 0 Å². The summed E-state index contributed by atoms with van der Waals surface area (Å²) >= 11 is 3.25. The van der Waals surface area contributed by atoms with Crippen molar-refractivity contribution in [3.8, 4) is 0 Å². The van der Waals surface area contributed by atoms with Gasteiger partial charge >= 0.3 is 0 Å². The molecule has 0 amide bonds. The zero-order valence-corrected chi connectivity index (χ0v) is 13.4. The summed E-state index contributed by atoms with van der Waals surface area (Å²) in [4.78, 5) is 3.98. The Morgan fingerprint density at radius 2 is 2.05 bits per heavy atom. The van der Waals surface area contributed by atoms with Gasteiger partial charge in [-0.1, -0.05) is 6.92 Å². The zero-order valence-electron chi connectivity index (χ0n) is 11.0. The second-order valence-electron chi connectivity index (χ2n) is 4.24. The van der Waals surface area contributed by atoms with Crippen LogP contribution in [-0.4, -0.2) is 32.2 Å². The van der Waals surface area contributed by atoms with Crippen molar-refractivity contribution in [2.24, 2.45) is 0 Å². The highest BCUT2D eigenvalue weighted by atomic mass is 79.9. The second-order valence-corrected chi connectivity index (χ2v) is 7.00. The Hall–Kier alpha value is -0.660.